The highest BCUT2D eigenvalue weighted by Gasteiger charge is 2.18. The van der Waals surface area contributed by atoms with Crippen LogP contribution < -0.4 is 0 Å². The van der Waals surface area contributed by atoms with E-state index in [9.17, 15) is 0 Å². The van der Waals surface area contributed by atoms with Gasteiger partial charge in [-0.15, -0.1) is 0 Å². The van der Waals surface area contributed by atoms with Crippen LogP contribution in [-0.2, 0) is 17.8 Å². The number of aryl methyl sites for hydroxylation is 1. The molecule has 19 heavy (non-hydrogen) atoms. The first kappa shape index (κ1) is 14.5. The largest absolute Gasteiger partial charge is 0.379 e. The number of nitrogens with zero attached hydrogens (tertiary/aromatic N) is 4. The number of hydrogen-bond donors (Lipinski definition) is 0. The summed E-state index contributed by atoms with van der Waals surface area (Å²) >= 11 is 0. The molecule has 1 saturated heterocycles. The second-order valence-electron chi connectivity index (χ2n) is 5.37. The van der Waals surface area contributed by atoms with Crippen molar-refractivity contribution in [3.05, 3.63) is 18.2 Å². The number of morpholine rings is 1. The number of ether oxygens (including phenoxy) is 1. The van der Waals surface area contributed by atoms with Crippen molar-refractivity contribution in [2.24, 2.45) is 0 Å². The molecule has 1 atom stereocenters. The van der Waals surface area contributed by atoms with Crippen molar-refractivity contribution < 1.29 is 4.74 Å². The summed E-state index contributed by atoms with van der Waals surface area (Å²) in [5, 5.41) is 0. The molecule has 0 unspecified atom stereocenters. The van der Waals surface area contributed by atoms with E-state index < -0.39 is 0 Å². The van der Waals surface area contributed by atoms with E-state index in [2.05, 4.69) is 40.2 Å². The summed E-state index contributed by atoms with van der Waals surface area (Å²) in [5.74, 6) is 0. The van der Waals surface area contributed by atoms with Gasteiger partial charge in [-0.05, 0) is 20.9 Å². The summed E-state index contributed by atoms with van der Waals surface area (Å²) in [6.45, 7) is 11.3. The van der Waals surface area contributed by atoms with Crippen LogP contribution in [0.3, 0.4) is 0 Å². The maximum absolute atomic E-state index is 5.40. The van der Waals surface area contributed by atoms with Gasteiger partial charge in [0.15, 0.2) is 0 Å². The van der Waals surface area contributed by atoms with Gasteiger partial charge in [0.05, 0.1) is 25.2 Å². The Bertz CT molecular complexity index is 373. The average molecular weight is 266 g/mol. The summed E-state index contributed by atoms with van der Waals surface area (Å²) in [6.07, 6.45) is 3.88. The van der Waals surface area contributed by atoms with E-state index in [4.69, 9.17) is 4.74 Å². The van der Waals surface area contributed by atoms with E-state index in [1.807, 2.05) is 12.5 Å². The van der Waals surface area contributed by atoms with Crippen LogP contribution in [0.2, 0.25) is 0 Å². The molecule has 2 rings (SSSR count). The summed E-state index contributed by atoms with van der Waals surface area (Å²) in [6, 6.07) is 0.576. The molecule has 1 aromatic rings. The lowest BCUT2D eigenvalue weighted by Crippen LogP contribution is -2.46. The second kappa shape index (κ2) is 7.03. The van der Waals surface area contributed by atoms with Crippen molar-refractivity contribution in [2.45, 2.75) is 33.0 Å². The minimum atomic E-state index is 0.576. The molecule has 108 valence electrons. The van der Waals surface area contributed by atoms with Crippen molar-refractivity contribution in [2.75, 3.05) is 39.9 Å². The fourth-order valence-corrected chi connectivity index (χ4v) is 2.69. The first-order chi connectivity index (χ1) is 9.20. The Morgan fingerprint density at radius 1 is 1.42 bits per heavy atom. The van der Waals surface area contributed by atoms with Gasteiger partial charge in [-0.1, -0.05) is 0 Å². The van der Waals surface area contributed by atoms with E-state index in [0.717, 1.165) is 45.9 Å². The van der Waals surface area contributed by atoms with E-state index >= 15 is 0 Å². The van der Waals surface area contributed by atoms with Crippen LogP contribution in [0.25, 0.3) is 0 Å². The van der Waals surface area contributed by atoms with Gasteiger partial charge in [0, 0.05) is 45.0 Å². The lowest BCUT2D eigenvalue weighted by atomic mass is 10.2. The Morgan fingerprint density at radius 2 is 2.16 bits per heavy atom. The van der Waals surface area contributed by atoms with Crippen molar-refractivity contribution in [1.82, 2.24) is 19.4 Å². The summed E-state index contributed by atoms with van der Waals surface area (Å²) < 4.78 is 7.61. The van der Waals surface area contributed by atoms with E-state index in [1.54, 1.807) is 0 Å². The number of aromatic nitrogens is 2. The molecule has 0 aromatic carbocycles. The number of hydrogen-bond acceptors (Lipinski definition) is 4. The van der Waals surface area contributed by atoms with Crippen molar-refractivity contribution in [1.29, 1.82) is 0 Å². The van der Waals surface area contributed by atoms with E-state index in [-0.39, 0.29) is 0 Å². The lowest BCUT2D eigenvalue weighted by Gasteiger charge is -2.34. The molecule has 0 radical (unpaired) electrons. The third-order valence-corrected chi connectivity index (χ3v) is 3.82. The highest BCUT2D eigenvalue weighted by Crippen LogP contribution is 2.08. The van der Waals surface area contributed by atoms with Gasteiger partial charge >= 0.3 is 0 Å². The van der Waals surface area contributed by atoms with E-state index in [1.165, 1.54) is 5.69 Å². The molecule has 1 fully saturated rings. The molecule has 0 bridgehead atoms. The molecule has 0 saturated carbocycles. The number of imidazole rings is 1. The van der Waals surface area contributed by atoms with E-state index in [0.29, 0.717) is 6.04 Å². The average Bonchev–Trinajstić information content (AvgIpc) is 2.86. The molecule has 1 aliphatic heterocycles. The second-order valence-corrected chi connectivity index (χ2v) is 5.37. The van der Waals surface area contributed by atoms with Crippen LogP contribution in [0.1, 0.15) is 19.5 Å². The number of rotatable bonds is 6. The highest BCUT2D eigenvalue weighted by molar-refractivity contribution is 4.98. The van der Waals surface area contributed by atoms with Crippen LogP contribution >= 0.6 is 0 Å². The Balaban J connectivity index is 1.81. The minimum Gasteiger partial charge on any atom is -0.379 e. The molecule has 0 amide bonds. The molecule has 5 nitrogen and oxygen atoms in total. The SMILES string of the molecule is CCn1cncc1CN(C)C[C@H](C)N1CCOCC1. The van der Waals surface area contributed by atoms with Crippen LogP contribution in [0.4, 0.5) is 0 Å². The van der Waals surface area contributed by atoms with Crippen LogP contribution in [0.15, 0.2) is 12.5 Å². The number of likely N-dealkylation sites (N-methyl/N-ethyl adjacent to an activating group) is 1. The van der Waals surface area contributed by atoms with Gasteiger partial charge in [0.25, 0.3) is 0 Å². The van der Waals surface area contributed by atoms with Crippen molar-refractivity contribution in [3.63, 3.8) is 0 Å². The Labute approximate surface area is 116 Å². The van der Waals surface area contributed by atoms with Crippen LogP contribution in [0.5, 0.6) is 0 Å². The third-order valence-electron chi connectivity index (χ3n) is 3.82. The highest BCUT2D eigenvalue weighted by atomic mass is 16.5. The minimum absolute atomic E-state index is 0.576. The maximum Gasteiger partial charge on any atom is 0.0948 e. The third kappa shape index (κ3) is 4.03. The van der Waals surface area contributed by atoms with Gasteiger partial charge in [0.2, 0.25) is 0 Å². The first-order valence-electron chi connectivity index (χ1n) is 7.20. The van der Waals surface area contributed by atoms with Crippen molar-refractivity contribution >= 4 is 0 Å². The standard InChI is InChI=1S/C14H26N4O/c1-4-17-12-15-9-14(17)11-16(3)10-13(2)18-5-7-19-8-6-18/h9,12-13H,4-8,10-11H2,1-3H3/t13-/m0/s1. The fraction of sp³-hybridized carbons (Fsp3) is 0.786. The zero-order valence-electron chi connectivity index (χ0n) is 12.4. The molecule has 1 aromatic heterocycles. The maximum atomic E-state index is 5.40. The van der Waals surface area contributed by atoms with Gasteiger partial charge in [0.1, 0.15) is 0 Å². The Hall–Kier alpha value is -0.910. The molecular weight excluding hydrogens is 240 g/mol. The van der Waals surface area contributed by atoms with Crippen LogP contribution in [-0.4, -0.2) is 65.3 Å². The molecule has 0 aliphatic carbocycles. The Kier molecular flexibility index (Phi) is 5.36. The molecule has 1 aliphatic rings. The molecule has 0 N–H and O–H groups in total. The molecule has 2 heterocycles. The zero-order valence-corrected chi connectivity index (χ0v) is 12.4. The van der Waals surface area contributed by atoms with Gasteiger partial charge in [-0.2, -0.15) is 0 Å². The summed E-state index contributed by atoms with van der Waals surface area (Å²) in [7, 11) is 2.18. The summed E-state index contributed by atoms with van der Waals surface area (Å²) in [4.78, 5) is 9.11. The predicted octanol–water partition coefficient (Wildman–Crippen LogP) is 1.06. The zero-order chi connectivity index (χ0) is 13.7. The fourth-order valence-electron chi connectivity index (χ4n) is 2.69. The first-order valence-corrected chi connectivity index (χ1v) is 7.20. The monoisotopic (exact) mass is 266 g/mol. The van der Waals surface area contributed by atoms with Crippen LogP contribution in [0, 0.1) is 0 Å². The lowest BCUT2D eigenvalue weighted by molar-refractivity contribution is 0.0136. The molecule has 5 heteroatoms. The topological polar surface area (TPSA) is 33.5 Å². The Morgan fingerprint density at radius 3 is 2.84 bits per heavy atom. The summed E-state index contributed by atoms with van der Waals surface area (Å²) in [5.41, 5.74) is 1.29. The smallest absolute Gasteiger partial charge is 0.0948 e. The van der Waals surface area contributed by atoms with Crippen molar-refractivity contribution in [3.8, 4) is 0 Å². The quantitative estimate of drug-likeness (QED) is 0.771. The molecular formula is C14H26N4O. The van der Waals surface area contributed by atoms with Gasteiger partial charge in [-0.25, -0.2) is 4.98 Å². The normalized spacial score (nSPS) is 18.9. The predicted molar refractivity (Wildman–Crippen MR) is 76.1 cm³/mol. The molecule has 0 spiro atoms. The van der Waals surface area contributed by atoms with Gasteiger partial charge in [-0.3, -0.25) is 9.80 Å². The van der Waals surface area contributed by atoms with Gasteiger partial charge < -0.3 is 9.30 Å².